The van der Waals surface area contributed by atoms with Gasteiger partial charge in [-0.15, -0.1) is 22.7 Å². The number of para-hydroxylation sites is 1. The minimum Gasteiger partial charge on any atom is -0.484 e. The summed E-state index contributed by atoms with van der Waals surface area (Å²) in [5, 5.41) is 5.58. The number of fused-ring (bicyclic) bond motifs is 1. The quantitative estimate of drug-likeness (QED) is 0.315. The van der Waals surface area contributed by atoms with Gasteiger partial charge >= 0.3 is 5.97 Å². The van der Waals surface area contributed by atoms with Crippen molar-refractivity contribution in [3.05, 3.63) is 75.4 Å². The molecule has 0 radical (unpaired) electrons. The monoisotopic (exact) mass is 495 g/mol. The summed E-state index contributed by atoms with van der Waals surface area (Å²) in [4.78, 5) is 34.2. The molecule has 7 nitrogen and oxygen atoms in total. The molecule has 0 fully saturated rings. The number of ether oxygens (including phenoxy) is 2. The first-order valence-electron chi connectivity index (χ1n) is 10.7. The SMILES string of the molecule is COC(=O)c1sc2nc(CN(C)[C@H](C)c3cccs3)ccc2c1NC(=O)COc1ccccc1. The molecule has 1 atom stereocenters. The summed E-state index contributed by atoms with van der Waals surface area (Å²) in [7, 11) is 3.37. The average molecular weight is 496 g/mol. The molecule has 34 heavy (non-hydrogen) atoms. The van der Waals surface area contributed by atoms with Crippen molar-refractivity contribution >= 4 is 50.5 Å². The molecular weight excluding hydrogens is 470 g/mol. The molecule has 0 saturated heterocycles. The largest absolute Gasteiger partial charge is 0.484 e. The van der Waals surface area contributed by atoms with E-state index in [-0.39, 0.29) is 18.6 Å². The van der Waals surface area contributed by atoms with Crippen molar-refractivity contribution in [2.75, 3.05) is 26.1 Å². The highest BCUT2D eigenvalue weighted by atomic mass is 32.1. The minimum atomic E-state index is -0.521. The van der Waals surface area contributed by atoms with Crippen LogP contribution in [0.4, 0.5) is 5.69 Å². The molecule has 0 unspecified atom stereocenters. The summed E-state index contributed by atoms with van der Waals surface area (Å²) in [5.74, 6) is -0.303. The third-order valence-corrected chi connectivity index (χ3v) is 7.51. The summed E-state index contributed by atoms with van der Waals surface area (Å²) >= 11 is 2.93. The molecule has 0 aliphatic heterocycles. The zero-order chi connectivity index (χ0) is 24.1. The van der Waals surface area contributed by atoms with Gasteiger partial charge in [-0.3, -0.25) is 9.69 Å². The second kappa shape index (κ2) is 10.8. The van der Waals surface area contributed by atoms with E-state index in [1.54, 1.807) is 23.5 Å². The number of pyridine rings is 1. The van der Waals surface area contributed by atoms with Gasteiger partial charge in [-0.2, -0.15) is 0 Å². The molecule has 4 rings (SSSR count). The number of thiophene rings is 2. The number of esters is 1. The Morgan fingerprint density at radius 3 is 2.62 bits per heavy atom. The van der Waals surface area contributed by atoms with Crippen LogP contribution in [-0.2, 0) is 16.1 Å². The first kappa shape index (κ1) is 23.9. The van der Waals surface area contributed by atoms with Crippen LogP contribution in [0, 0.1) is 0 Å². The molecule has 0 aliphatic rings. The molecular formula is C25H25N3O4S2. The van der Waals surface area contributed by atoms with Crippen LogP contribution in [0.1, 0.15) is 33.2 Å². The maximum atomic E-state index is 12.6. The van der Waals surface area contributed by atoms with E-state index in [1.165, 1.54) is 23.3 Å². The summed E-state index contributed by atoms with van der Waals surface area (Å²) in [5.41, 5.74) is 1.27. The number of hydrogen-bond acceptors (Lipinski definition) is 8. The fraction of sp³-hybridized carbons (Fsp3) is 0.240. The van der Waals surface area contributed by atoms with Gasteiger partial charge in [0.1, 0.15) is 15.5 Å². The number of nitrogens with zero attached hydrogens (tertiary/aromatic N) is 2. The number of methoxy groups -OCH3 is 1. The van der Waals surface area contributed by atoms with E-state index in [0.29, 0.717) is 33.1 Å². The van der Waals surface area contributed by atoms with Gasteiger partial charge in [0.05, 0.1) is 18.5 Å². The molecule has 0 bridgehead atoms. The molecule has 0 saturated carbocycles. The third kappa shape index (κ3) is 5.44. The zero-order valence-corrected chi connectivity index (χ0v) is 20.7. The normalized spacial score (nSPS) is 12.0. The Labute approximate surface area is 206 Å². The number of anilines is 1. The van der Waals surface area contributed by atoms with Gasteiger partial charge in [-0.25, -0.2) is 9.78 Å². The lowest BCUT2D eigenvalue weighted by atomic mass is 10.2. The fourth-order valence-corrected chi connectivity index (χ4v) is 5.36. The highest BCUT2D eigenvalue weighted by Gasteiger charge is 2.22. The molecule has 1 aromatic carbocycles. The van der Waals surface area contributed by atoms with Crippen molar-refractivity contribution in [1.29, 1.82) is 0 Å². The Kier molecular flexibility index (Phi) is 7.56. The molecule has 3 aromatic heterocycles. The molecule has 4 aromatic rings. The number of rotatable bonds is 9. The topological polar surface area (TPSA) is 80.8 Å². The second-order valence-electron chi connectivity index (χ2n) is 7.71. The Bertz CT molecular complexity index is 1270. The van der Waals surface area contributed by atoms with Gasteiger partial charge in [0.15, 0.2) is 6.61 Å². The van der Waals surface area contributed by atoms with E-state index in [1.807, 2.05) is 30.3 Å². The summed E-state index contributed by atoms with van der Waals surface area (Å²) in [6.07, 6.45) is 0. The van der Waals surface area contributed by atoms with Crippen LogP contribution in [-0.4, -0.2) is 42.5 Å². The predicted molar refractivity (Wildman–Crippen MR) is 136 cm³/mol. The molecule has 1 amide bonds. The molecule has 3 heterocycles. The second-order valence-corrected chi connectivity index (χ2v) is 9.69. The van der Waals surface area contributed by atoms with Crippen LogP contribution in [0.2, 0.25) is 0 Å². The lowest BCUT2D eigenvalue weighted by molar-refractivity contribution is -0.118. The highest BCUT2D eigenvalue weighted by Crippen LogP contribution is 2.36. The van der Waals surface area contributed by atoms with E-state index >= 15 is 0 Å². The number of aromatic nitrogens is 1. The fourth-order valence-electron chi connectivity index (χ4n) is 3.45. The van der Waals surface area contributed by atoms with Crippen LogP contribution in [0.25, 0.3) is 10.2 Å². The van der Waals surface area contributed by atoms with Gasteiger partial charge in [-0.05, 0) is 49.7 Å². The van der Waals surface area contributed by atoms with Gasteiger partial charge < -0.3 is 14.8 Å². The van der Waals surface area contributed by atoms with E-state index in [9.17, 15) is 9.59 Å². The Balaban J connectivity index is 1.53. The minimum absolute atomic E-state index is 0.182. The number of carbonyl (C=O) groups excluding carboxylic acids is 2. The van der Waals surface area contributed by atoms with Gasteiger partial charge in [0, 0.05) is 22.8 Å². The number of benzene rings is 1. The maximum Gasteiger partial charge on any atom is 0.350 e. The Hall–Kier alpha value is -3.27. The molecule has 0 aliphatic carbocycles. The molecule has 9 heteroatoms. The van der Waals surface area contributed by atoms with E-state index < -0.39 is 5.97 Å². The maximum absolute atomic E-state index is 12.6. The first-order valence-corrected chi connectivity index (χ1v) is 12.4. The Morgan fingerprint density at radius 1 is 1.12 bits per heavy atom. The number of amides is 1. The third-order valence-electron chi connectivity index (χ3n) is 5.39. The lowest BCUT2D eigenvalue weighted by Gasteiger charge is -2.23. The summed E-state index contributed by atoms with van der Waals surface area (Å²) in [6.45, 7) is 2.63. The van der Waals surface area contributed by atoms with Crippen LogP contribution in [0.5, 0.6) is 5.75 Å². The number of hydrogen-bond donors (Lipinski definition) is 1. The lowest BCUT2D eigenvalue weighted by Crippen LogP contribution is -2.22. The van der Waals surface area contributed by atoms with Crippen molar-refractivity contribution in [2.45, 2.75) is 19.5 Å². The van der Waals surface area contributed by atoms with Crippen molar-refractivity contribution in [1.82, 2.24) is 9.88 Å². The smallest absolute Gasteiger partial charge is 0.350 e. The van der Waals surface area contributed by atoms with Crippen molar-refractivity contribution in [2.24, 2.45) is 0 Å². The van der Waals surface area contributed by atoms with Gasteiger partial charge in [0.2, 0.25) is 0 Å². The summed E-state index contributed by atoms with van der Waals surface area (Å²) < 4.78 is 10.5. The van der Waals surface area contributed by atoms with Crippen LogP contribution >= 0.6 is 22.7 Å². The Morgan fingerprint density at radius 2 is 1.91 bits per heavy atom. The van der Waals surface area contributed by atoms with Gasteiger partial charge in [-0.1, -0.05) is 24.3 Å². The number of carbonyl (C=O) groups is 2. The predicted octanol–water partition coefficient (Wildman–Crippen LogP) is 5.35. The van der Waals surface area contributed by atoms with Crippen molar-refractivity contribution < 1.29 is 19.1 Å². The highest BCUT2D eigenvalue weighted by molar-refractivity contribution is 7.21. The van der Waals surface area contributed by atoms with E-state index in [4.69, 9.17) is 14.5 Å². The average Bonchev–Trinajstić information content (AvgIpc) is 3.51. The van der Waals surface area contributed by atoms with E-state index in [0.717, 1.165) is 5.69 Å². The van der Waals surface area contributed by atoms with Crippen molar-refractivity contribution in [3.8, 4) is 5.75 Å². The summed E-state index contributed by atoms with van der Waals surface area (Å²) in [6, 6.07) is 17.3. The number of nitrogens with one attached hydrogen (secondary N) is 1. The molecule has 1 N–H and O–H groups in total. The van der Waals surface area contributed by atoms with Crippen molar-refractivity contribution in [3.63, 3.8) is 0 Å². The van der Waals surface area contributed by atoms with Gasteiger partial charge in [0.25, 0.3) is 5.91 Å². The van der Waals surface area contributed by atoms with E-state index in [2.05, 4.69) is 41.7 Å². The standard InChI is InChI=1S/C25H25N3O4S2/c1-16(20-10-7-13-33-20)28(2)14-17-11-12-19-22(23(25(30)31-3)34-24(19)26-17)27-21(29)15-32-18-8-5-4-6-9-18/h4-13,16H,14-15H2,1-3H3,(H,27,29)/t16-/m1/s1. The first-order chi connectivity index (χ1) is 16.5. The van der Waals surface area contributed by atoms with Crippen LogP contribution < -0.4 is 10.1 Å². The van der Waals surface area contributed by atoms with Crippen LogP contribution in [0.3, 0.4) is 0 Å². The molecule has 0 spiro atoms. The van der Waals surface area contributed by atoms with Crippen LogP contribution in [0.15, 0.2) is 60.0 Å². The zero-order valence-electron chi connectivity index (χ0n) is 19.1. The molecule has 176 valence electrons.